The summed E-state index contributed by atoms with van der Waals surface area (Å²) in [5.41, 5.74) is 1.63. The van der Waals surface area contributed by atoms with E-state index < -0.39 is 15.9 Å². The van der Waals surface area contributed by atoms with E-state index in [1.165, 1.54) is 11.1 Å². The van der Waals surface area contributed by atoms with Gasteiger partial charge in [0.05, 0.1) is 9.79 Å². The van der Waals surface area contributed by atoms with Crippen molar-refractivity contribution in [2.24, 2.45) is 0 Å². The first-order chi connectivity index (χ1) is 13.0. The van der Waals surface area contributed by atoms with E-state index in [2.05, 4.69) is 9.88 Å². The first-order valence-corrected chi connectivity index (χ1v) is 10.1. The fourth-order valence-electron chi connectivity index (χ4n) is 3.38. The Labute approximate surface area is 156 Å². The predicted molar refractivity (Wildman–Crippen MR) is 102 cm³/mol. The lowest BCUT2D eigenvalue weighted by molar-refractivity contribution is 0.142. The van der Waals surface area contributed by atoms with Crippen LogP contribution in [0.3, 0.4) is 0 Å². The highest BCUT2D eigenvalue weighted by Crippen LogP contribution is 2.31. The second-order valence-corrected chi connectivity index (χ2v) is 8.37. The normalized spacial score (nSPS) is 15.3. The molecule has 0 spiro atoms. The highest BCUT2D eigenvalue weighted by Gasteiger charge is 2.24. The number of benzene rings is 2. The van der Waals surface area contributed by atoms with E-state index >= 15 is 0 Å². The zero-order chi connectivity index (χ0) is 19.0. The lowest BCUT2D eigenvalue weighted by Crippen LogP contribution is -2.48. The van der Waals surface area contributed by atoms with Crippen LogP contribution in [0.2, 0.25) is 0 Å². The van der Waals surface area contributed by atoms with Crippen molar-refractivity contribution in [3.05, 3.63) is 54.7 Å². The predicted octanol–water partition coefficient (Wildman–Crippen LogP) is 2.80. The maximum atomic E-state index is 13.0. The average molecular weight is 385 g/mol. The van der Waals surface area contributed by atoms with Crippen LogP contribution < -0.4 is 4.90 Å². The molecule has 7 nitrogen and oxygen atoms in total. The van der Waals surface area contributed by atoms with Crippen molar-refractivity contribution < 1.29 is 18.3 Å². The third kappa shape index (κ3) is 3.12. The van der Waals surface area contributed by atoms with Gasteiger partial charge in [0.25, 0.3) is 0 Å². The number of nitrogens with one attached hydrogen (secondary N) is 1. The maximum Gasteiger partial charge on any atom is 0.407 e. The van der Waals surface area contributed by atoms with Crippen LogP contribution in [0.15, 0.2) is 64.5 Å². The molecule has 27 heavy (non-hydrogen) atoms. The van der Waals surface area contributed by atoms with Crippen molar-refractivity contribution in [1.82, 2.24) is 9.88 Å². The molecule has 8 heteroatoms. The number of anilines is 1. The molecule has 2 aromatic carbocycles. The van der Waals surface area contributed by atoms with E-state index in [1.54, 1.807) is 30.3 Å². The Hall–Kier alpha value is -3.00. The lowest BCUT2D eigenvalue weighted by atomic mass is 10.2. The van der Waals surface area contributed by atoms with Crippen molar-refractivity contribution >= 4 is 32.5 Å². The SMILES string of the molecule is O=C(O)N1CCN(c2ccc3[nH]cc(S(=O)(=O)c4ccccc4)c3c2)CC1. The van der Waals surface area contributed by atoms with Crippen LogP contribution in [0, 0.1) is 0 Å². The van der Waals surface area contributed by atoms with E-state index in [9.17, 15) is 13.2 Å². The molecule has 1 aliphatic rings. The fraction of sp³-hybridized carbons (Fsp3) is 0.211. The standard InChI is InChI=1S/C19H19N3O4S/c23-19(24)22-10-8-21(9-11-22)14-6-7-17-16(12-14)18(13-20-17)27(25,26)15-4-2-1-3-5-15/h1-7,12-13,20H,8-11H2,(H,23,24). The average Bonchev–Trinajstić information content (AvgIpc) is 3.13. The van der Waals surface area contributed by atoms with Crippen molar-refractivity contribution in [2.75, 3.05) is 31.1 Å². The fourth-order valence-corrected chi connectivity index (χ4v) is 4.83. The zero-order valence-electron chi connectivity index (χ0n) is 14.5. The number of rotatable bonds is 3. The summed E-state index contributed by atoms with van der Waals surface area (Å²) in [5, 5.41) is 9.72. The van der Waals surface area contributed by atoms with Crippen molar-refractivity contribution in [3.8, 4) is 0 Å². The van der Waals surface area contributed by atoms with E-state index in [4.69, 9.17) is 5.11 Å². The number of aromatic amines is 1. The minimum atomic E-state index is -3.63. The number of fused-ring (bicyclic) bond motifs is 1. The smallest absolute Gasteiger partial charge is 0.407 e. The minimum Gasteiger partial charge on any atom is -0.465 e. The molecule has 0 saturated carbocycles. The summed E-state index contributed by atoms with van der Waals surface area (Å²) in [6.07, 6.45) is 0.617. The Morgan fingerprint density at radius 3 is 2.37 bits per heavy atom. The Bertz CT molecular complexity index is 1080. The first kappa shape index (κ1) is 17.4. The van der Waals surface area contributed by atoms with Gasteiger partial charge in [-0.1, -0.05) is 18.2 Å². The van der Waals surface area contributed by atoms with Gasteiger partial charge in [-0.3, -0.25) is 0 Å². The third-order valence-corrected chi connectivity index (χ3v) is 6.70. The summed E-state index contributed by atoms with van der Waals surface area (Å²) in [4.78, 5) is 18.1. The second-order valence-electron chi connectivity index (χ2n) is 6.46. The third-order valence-electron chi connectivity index (χ3n) is 4.89. The number of hydrogen-bond acceptors (Lipinski definition) is 4. The molecule has 0 aliphatic carbocycles. The largest absolute Gasteiger partial charge is 0.465 e. The summed E-state index contributed by atoms with van der Waals surface area (Å²) in [5.74, 6) is 0. The number of hydrogen-bond donors (Lipinski definition) is 2. The van der Waals surface area contributed by atoms with Gasteiger partial charge in [-0.05, 0) is 30.3 Å². The molecule has 0 atom stereocenters. The van der Waals surface area contributed by atoms with Gasteiger partial charge < -0.3 is 19.9 Å². The molecular formula is C19H19N3O4S. The molecule has 0 unspecified atom stereocenters. The number of carbonyl (C=O) groups is 1. The molecular weight excluding hydrogens is 366 g/mol. The van der Waals surface area contributed by atoms with Crippen LogP contribution >= 0.6 is 0 Å². The van der Waals surface area contributed by atoms with E-state index in [-0.39, 0.29) is 9.79 Å². The summed E-state index contributed by atoms with van der Waals surface area (Å²) >= 11 is 0. The molecule has 1 amide bonds. The van der Waals surface area contributed by atoms with E-state index in [1.807, 2.05) is 18.2 Å². The van der Waals surface area contributed by atoms with Crippen molar-refractivity contribution in [2.45, 2.75) is 9.79 Å². The maximum absolute atomic E-state index is 13.0. The molecule has 4 rings (SSSR count). The van der Waals surface area contributed by atoms with Crippen molar-refractivity contribution in [3.63, 3.8) is 0 Å². The van der Waals surface area contributed by atoms with Gasteiger partial charge >= 0.3 is 6.09 Å². The van der Waals surface area contributed by atoms with E-state index in [0.717, 1.165) is 11.2 Å². The molecule has 1 aromatic heterocycles. The molecule has 0 bridgehead atoms. The highest BCUT2D eigenvalue weighted by atomic mass is 32.2. The summed E-state index contributed by atoms with van der Waals surface area (Å²) < 4.78 is 26.0. The number of H-pyrrole nitrogens is 1. The summed E-state index contributed by atoms with van der Waals surface area (Å²) in [6.45, 7) is 2.00. The minimum absolute atomic E-state index is 0.245. The van der Waals surface area contributed by atoms with Crippen LogP contribution in [0.5, 0.6) is 0 Å². The van der Waals surface area contributed by atoms with Gasteiger partial charge in [0.2, 0.25) is 9.84 Å². The lowest BCUT2D eigenvalue weighted by Gasteiger charge is -2.34. The molecule has 3 aromatic rings. The summed E-state index contributed by atoms with van der Waals surface area (Å²) in [6, 6.07) is 14.0. The van der Waals surface area contributed by atoms with Crippen LogP contribution in [0.25, 0.3) is 10.9 Å². The second kappa shape index (κ2) is 6.62. The highest BCUT2D eigenvalue weighted by molar-refractivity contribution is 7.91. The van der Waals surface area contributed by atoms with Gasteiger partial charge in [0.15, 0.2) is 0 Å². The Kier molecular flexibility index (Phi) is 4.27. The molecule has 2 N–H and O–H groups in total. The van der Waals surface area contributed by atoms with Crippen molar-refractivity contribution in [1.29, 1.82) is 0 Å². The van der Waals surface area contributed by atoms with Crippen LogP contribution in [-0.4, -0.2) is 55.7 Å². The zero-order valence-corrected chi connectivity index (χ0v) is 15.3. The van der Waals surface area contributed by atoms with Crippen LogP contribution in [-0.2, 0) is 9.84 Å². The number of amides is 1. The van der Waals surface area contributed by atoms with Crippen LogP contribution in [0.1, 0.15) is 0 Å². The van der Waals surface area contributed by atoms with Gasteiger partial charge in [0, 0.05) is 49.0 Å². The Balaban J connectivity index is 1.69. The molecule has 140 valence electrons. The number of carboxylic acid groups (broad SMARTS) is 1. The van der Waals surface area contributed by atoms with Gasteiger partial charge in [-0.2, -0.15) is 0 Å². The molecule has 0 radical (unpaired) electrons. The number of aromatic nitrogens is 1. The quantitative estimate of drug-likeness (QED) is 0.723. The number of piperazine rings is 1. The monoisotopic (exact) mass is 385 g/mol. The molecule has 1 saturated heterocycles. The number of nitrogens with zero attached hydrogens (tertiary/aromatic N) is 2. The summed E-state index contributed by atoms with van der Waals surface area (Å²) in [7, 11) is -3.63. The van der Waals surface area contributed by atoms with Crippen LogP contribution in [0.4, 0.5) is 10.5 Å². The number of sulfone groups is 1. The first-order valence-electron chi connectivity index (χ1n) is 8.61. The Morgan fingerprint density at radius 1 is 1.00 bits per heavy atom. The molecule has 1 fully saturated rings. The van der Waals surface area contributed by atoms with Gasteiger partial charge in [-0.15, -0.1) is 0 Å². The Morgan fingerprint density at radius 2 is 1.70 bits per heavy atom. The topological polar surface area (TPSA) is 93.7 Å². The van der Waals surface area contributed by atoms with Gasteiger partial charge in [-0.25, -0.2) is 13.2 Å². The van der Waals surface area contributed by atoms with E-state index in [0.29, 0.717) is 31.6 Å². The molecule has 2 heterocycles. The molecule has 1 aliphatic heterocycles. The van der Waals surface area contributed by atoms with Gasteiger partial charge in [0.1, 0.15) is 0 Å².